The summed E-state index contributed by atoms with van der Waals surface area (Å²) in [5.41, 5.74) is 1.15. The highest BCUT2D eigenvalue weighted by atomic mass is 19.1. The summed E-state index contributed by atoms with van der Waals surface area (Å²) in [4.78, 5) is 20.3. The van der Waals surface area contributed by atoms with Crippen LogP contribution in [0.4, 0.5) is 10.3 Å². The van der Waals surface area contributed by atoms with Gasteiger partial charge in [-0.2, -0.15) is 4.98 Å². The van der Waals surface area contributed by atoms with Crippen molar-refractivity contribution in [3.05, 3.63) is 71.7 Å². The maximum atomic E-state index is 13.0. The van der Waals surface area contributed by atoms with Crippen LogP contribution in [0, 0.1) is 5.82 Å². The second-order valence-corrected chi connectivity index (χ2v) is 5.65. The van der Waals surface area contributed by atoms with Gasteiger partial charge in [0.1, 0.15) is 22.9 Å². The maximum absolute atomic E-state index is 13.0. The van der Waals surface area contributed by atoms with Crippen molar-refractivity contribution >= 4 is 11.9 Å². The number of nitrogens with one attached hydrogen (secondary N) is 1. The van der Waals surface area contributed by atoms with Gasteiger partial charge in [0.15, 0.2) is 0 Å². The van der Waals surface area contributed by atoms with Crippen LogP contribution >= 0.6 is 0 Å². The third-order valence-electron chi connectivity index (χ3n) is 3.79. The molecule has 0 amide bonds. The Labute approximate surface area is 161 Å². The number of nitrogens with zero attached hydrogens (tertiary/aromatic N) is 2. The summed E-state index contributed by atoms with van der Waals surface area (Å²) in [6.07, 6.45) is 1.54. The van der Waals surface area contributed by atoms with Gasteiger partial charge in [0.05, 0.1) is 14.2 Å². The number of benzene rings is 2. The number of hydrogen-bond donors (Lipinski definition) is 1. The lowest BCUT2D eigenvalue weighted by Gasteiger charge is -2.10. The normalized spacial score (nSPS) is 10.2. The number of ether oxygens (including phenoxy) is 3. The van der Waals surface area contributed by atoms with E-state index < -0.39 is 5.97 Å². The van der Waals surface area contributed by atoms with Crippen molar-refractivity contribution in [2.75, 3.05) is 19.5 Å². The molecular weight excluding hydrogens is 365 g/mol. The molecule has 0 aliphatic carbocycles. The van der Waals surface area contributed by atoms with Crippen LogP contribution in [-0.2, 0) is 11.3 Å². The van der Waals surface area contributed by atoms with Crippen LogP contribution in [-0.4, -0.2) is 30.2 Å². The number of methoxy groups -OCH3 is 2. The first-order valence-electron chi connectivity index (χ1n) is 8.34. The second-order valence-electron chi connectivity index (χ2n) is 5.65. The zero-order valence-electron chi connectivity index (χ0n) is 15.3. The molecule has 0 radical (unpaired) electrons. The highest BCUT2D eigenvalue weighted by Crippen LogP contribution is 2.22. The molecule has 3 aromatic rings. The van der Waals surface area contributed by atoms with Crippen molar-refractivity contribution in [3.8, 4) is 17.4 Å². The zero-order valence-corrected chi connectivity index (χ0v) is 15.3. The van der Waals surface area contributed by atoms with Crippen molar-refractivity contribution in [1.29, 1.82) is 0 Å². The molecule has 1 aromatic heterocycles. The van der Waals surface area contributed by atoms with Crippen molar-refractivity contribution < 1.29 is 23.4 Å². The molecule has 7 nitrogen and oxygen atoms in total. The summed E-state index contributed by atoms with van der Waals surface area (Å²) in [5, 5.41) is 3.06. The van der Waals surface area contributed by atoms with Crippen molar-refractivity contribution in [2.45, 2.75) is 6.54 Å². The van der Waals surface area contributed by atoms with Crippen molar-refractivity contribution in [3.63, 3.8) is 0 Å². The average molecular weight is 383 g/mol. The summed E-state index contributed by atoms with van der Waals surface area (Å²) >= 11 is 0. The first-order chi connectivity index (χ1) is 13.6. The van der Waals surface area contributed by atoms with Gasteiger partial charge < -0.3 is 19.5 Å². The summed E-state index contributed by atoms with van der Waals surface area (Å²) in [7, 11) is 2.80. The predicted octanol–water partition coefficient (Wildman–Crippen LogP) is 3.82. The monoisotopic (exact) mass is 383 g/mol. The lowest BCUT2D eigenvalue weighted by Crippen LogP contribution is -2.08. The number of hydrogen-bond acceptors (Lipinski definition) is 7. The Morgan fingerprint density at radius 1 is 1.11 bits per heavy atom. The van der Waals surface area contributed by atoms with E-state index in [-0.39, 0.29) is 5.82 Å². The van der Waals surface area contributed by atoms with Crippen LogP contribution in [0.1, 0.15) is 15.9 Å². The smallest absolute Gasteiger partial charge is 0.341 e. The fraction of sp³-hybridized carbons (Fsp3) is 0.150. The zero-order chi connectivity index (χ0) is 19.9. The maximum Gasteiger partial charge on any atom is 0.341 e. The van der Waals surface area contributed by atoms with E-state index in [0.717, 1.165) is 5.56 Å². The SMILES string of the molecule is COC(=O)c1cc(CNc2nccc(Oc3ccc(F)cc3)n2)ccc1OC. The number of carbonyl (C=O) groups is 1. The Hall–Kier alpha value is -3.68. The molecule has 28 heavy (non-hydrogen) atoms. The summed E-state index contributed by atoms with van der Waals surface area (Å²) in [6, 6.07) is 12.4. The van der Waals surface area contributed by atoms with Gasteiger partial charge in [-0.1, -0.05) is 6.07 Å². The quantitative estimate of drug-likeness (QED) is 0.621. The van der Waals surface area contributed by atoms with Gasteiger partial charge in [-0.05, 0) is 42.0 Å². The number of anilines is 1. The van der Waals surface area contributed by atoms with Gasteiger partial charge in [0, 0.05) is 18.8 Å². The van der Waals surface area contributed by atoms with E-state index in [2.05, 4.69) is 15.3 Å². The van der Waals surface area contributed by atoms with E-state index >= 15 is 0 Å². The summed E-state index contributed by atoms with van der Waals surface area (Å²) in [5.74, 6) is 0.725. The molecule has 0 aliphatic rings. The van der Waals surface area contributed by atoms with Gasteiger partial charge in [-0.15, -0.1) is 0 Å². The Morgan fingerprint density at radius 2 is 1.89 bits per heavy atom. The molecular formula is C20H18FN3O4. The molecule has 0 spiro atoms. The van der Waals surface area contributed by atoms with Crippen LogP contribution in [0.2, 0.25) is 0 Å². The number of rotatable bonds is 7. The highest BCUT2D eigenvalue weighted by Gasteiger charge is 2.13. The van der Waals surface area contributed by atoms with Crippen LogP contribution in [0.3, 0.4) is 0 Å². The predicted molar refractivity (Wildman–Crippen MR) is 100 cm³/mol. The molecule has 0 bridgehead atoms. The standard InChI is InChI=1S/C20H18FN3O4/c1-26-17-8-3-13(11-16(17)19(25)27-2)12-23-20-22-10-9-18(24-20)28-15-6-4-14(21)5-7-15/h3-11H,12H2,1-2H3,(H,22,23,24). The fourth-order valence-corrected chi connectivity index (χ4v) is 2.42. The molecule has 0 saturated heterocycles. The van der Waals surface area contributed by atoms with Crippen LogP contribution in [0.15, 0.2) is 54.7 Å². The minimum Gasteiger partial charge on any atom is -0.496 e. The molecule has 0 atom stereocenters. The van der Waals surface area contributed by atoms with Gasteiger partial charge in [0.25, 0.3) is 0 Å². The average Bonchev–Trinajstić information content (AvgIpc) is 2.73. The van der Waals surface area contributed by atoms with Crippen LogP contribution in [0.25, 0.3) is 0 Å². The molecule has 1 N–H and O–H groups in total. The molecule has 2 aromatic carbocycles. The van der Waals surface area contributed by atoms with Gasteiger partial charge in [-0.25, -0.2) is 14.2 Å². The van der Waals surface area contributed by atoms with E-state index in [1.165, 1.54) is 38.5 Å². The third kappa shape index (κ3) is 4.73. The Balaban J connectivity index is 1.69. The molecule has 1 heterocycles. The van der Waals surface area contributed by atoms with Gasteiger partial charge in [-0.3, -0.25) is 0 Å². The van der Waals surface area contributed by atoms with E-state index in [0.29, 0.717) is 35.4 Å². The van der Waals surface area contributed by atoms with Gasteiger partial charge >= 0.3 is 5.97 Å². The van der Waals surface area contributed by atoms with Crippen molar-refractivity contribution in [2.24, 2.45) is 0 Å². The summed E-state index contributed by atoms with van der Waals surface area (Å²) < 4.78 is 28.5. The molecule has 144 valence electrons. The summed E-state index contributed by atoms with van der Waals surface area (Å²) in [6.45, 7) is 0.369. The number of esters is 1. The molecule has 0 unspecified atom stereocenters. The molecule has 0 saturated carbocycles. The molecule has 8 heteroatoms. The largest absolute Gasteiger partial charge is 0.496 e. The lowest BCUT2D eigenvalue weighted by atomic mass is 10.1. The minimum atomic E-state index is -0.482. The highest BCUT2D eigenvalue weighted by molar-refractivity contribution is 5.92. The Bertz CT molecular complexity index is 964. The first kappa shape index (κ1) is 19.1. The van der Waals surface area contributed by atoms with E-state index in [1.54, 1.807) is 24.4 Å². The van der Waals surface area contributed by atoms with Crippen LogP contribution < -0.4 is 14.8 Å². The van der Waals surface area contributed by atoms with Crippen LogP contribution in [0.5, 0.6) is 17.4 Å². The van der Waals surface area contributed by atoms with E-state index in [9.17, 15) is 9.18 Å². The number of halogens is 1. The lowest BCUT2D eigenvalue weighted by molar-refractivity contribution is 0.0597. The molecule has 0 aliphatic heterocycles. The third-order valence-corrected chi connectivity index (χ3v) is 3.79. The Morgan fingerprint density at radius 3 is 2.61 bits per heavy atom. The number of aromatic nitrogens is 2. The Kier molecular flexibility index (Phi) is 6.01. The van der Waals surface area contributed by atoms with Crippen molar-refractivity contribution in [1.82, 2.24) is 9.97 Å². The first-order valence-corrected chi connectivity index (χ1v) is 8.34. The molecule has 3 rings (SSSR count). The topological polar surface area (TPSA) is 82.6 Å². The number of carbonyl (C=O) groups excluding carboxylic acids is 1. The van der Waals surface area contributed by atoms with E-state index in [1.807, 2.05) is 6.07 Å². The second kappa shape index (κ2) is 8.81. The van der Waals surface area contributed by atoms with Gasteiger partial charge in [0.2, 0.25) is 11.8 Å². The molecule has 0 fully saturated rings. The van der Waals surface area contributed by atoms with E-state index in [4.69, 9.17) is 14.2 Å². The minimum absolute atomic E-state index is 0.314. The fourth-order valence-electron chi connectivity index (χ4n) is 2.42.